The van der Waals surface area contributed by atoms with Gasteiger partial charge in [-0.05, 0) is 24.3 Å². The van der Waals surface area contributed by atoms with Crippen LogP contribution in [0.5, 0.6) is 5.75 Å². The number of likely N-dealkylation sites (N-methyl/N-ethyl adjacent to an activating group) is 1. The molecule has 0 aliphatic heterocycles. The largest absolute Gasteiger partial charge is 0.490 e. The lowest BCUT2D eigenvalue weighted by molar-refractivity contribution is 0.207. The van der Waals surface area contributed by atoms with Crippen LogP contribution in [0.1, 0.15) is 0 Å². The molecule has 0 aliphatic rings. The zero-order valence-electron chi connectivity index (χ0n) is 12.1. The molecule has 0 unspecified atom stereocenters. The van der Waals surface area contributed by atoms with E-state index in [2.05, 4.69) is 5.32 Å². The highest BCUT2D eigenvalue weighted by atomic mass is 35.5. The van der Waals surface area contributed by atoms with Crippen molar-refractivity contribution in [2.75, 3.05) is 25.5 Å². The first-order valence-corrected chi connectivity index (χ1v) is 7.09. The molecule has 0 aliphatic carbocycles. The van der Waals surface area contributed by atoms with Crippen molar-refractivity contribution in [2.45, 2.75) is 0 Å². The quantitative estimate of drug-likeness (QED) is 0.903. The van der Waals surface area contributed by atoms with Gasteiger partial charge in [-0.1, -0.05) is 35.9 Å². The molecule has 0 atom stereocenters. The summed E-state index contributed by atoms with van der Waals surface area (Å²) in [5, 5.41) is 3.02. The predicted octanol–water partition coefficient (Wildman–Crippen LogP) is 4.02. The molecule has 0 saturated heterocycles. The van der Waals surface area contributed by atoms with Crippen LogP contribution in [0, 0.1) is 5.82 Å². The molecule has 6 heteroatoms. The van der Waals surface area contributed by atoms with E-state index < -0.39 is 11.8 Å². The number of nitrogens with one attached hydrogen (secondary N) is 1. The fraction of sp³-hybridized carbons (Fsp3) is 0.188. The van der Waals surface area contributed by atoms with E-state index in [1.165, 1.54) is 17.0 Å². The fourth-order valence-corrected chi connectivity index (χ4v) is 1.92. The molecule has 1 N–H and O–H groups in total. The topological polar surface area (TPSA) is 41.6 Å². The smallest absolute Gasteiger partial charge is 0.321 e. The van der Waals surface area contributed by atoms with Gasteiger partial charge in [-0.15, -0.1) is 0 Å². The molecule has 0 heterocycles. The van der Waals surface area contributed by atoms with E-state index in [0.29, 0.717) is 17.3 Å². The number of hydrogen-bond acceptors (Lipinski definition) is 2. The Morgan fingerprint density at radius 1 is 1.23 bits per heavy atom. The van der Waals surface area contributed by atoms with Gasteiger partial charge >= 0.3 is 6.03 Å². The highest BCUT2D eigenvalue weighted by Crippen LogP contribution is 2.22. The van der Waals surface area contributed by atoms with Crippen molar-refractivity contribution >= 4 is 23.3 Å². The first-order valence-electron chi connectivity index (χ1n) is 6.72. The summed E-state index contributed by atoms with van der Waals surface area (Å²) in [4.78, 5) is 13.3. The van der Waals surface area contributed by atoms with Crippen LogP contribution in [0.2, 0.25) is 5.02 Å². The van der Waals surface area contributed by atoms with Gasteiger partial charge in [-0.2, -0.15) is 0 Å². The van der Waals surface area contributed by atoms with Crippen molar-refractivity contribution in [3.05, 3.63) is 59.4 Å². The zero-order valence-corrected chi connectivity index (χ0v) is 12.8. The molecule has 4 nitrogen and oxygen atoms in total. The van der Waals surface area contributed by atoms with Crippen LogP contribution in [0.25, 0.3) is 0 Å². The number of rotatable bonds is 5. The molecule has 0 bridgehead atoms. The third-order valence-corrected chi connectivity index (χ3v) is 3.30. The first-order chi connectivity index (χ1) is 10.6. The molecule has 2 aromatic carbocycles. The van der Waals surface area contributed by atoms with Crippen LogP contribution in [0.3, 0.4) is 0 Å². The standard InChI is InChI=1S/C16H16ClFN2O2/c1-20(10-11-22-15-9-5-2-6-12(15)17)16(21)19-14-8-4-3-7-13(14)18/h2-9H,10-11H2,1H3,(H,19,21). The maximum absolute atomic E-state index is 13.5. The number of hydrogen-bond donors (Lipinski definition) is 1. The molecule has 2 aromatic rings. The Morgan fingerprint density at radius 3 is 2.64 bits per heavy atom. The summed E-state index contributed by atoms with van der Waals surface area (Å²) in [5.41, 5.74) is 0.145. The highest BCUT2D eigenvalue weighted by molar-refractivity contribution is 6.32. The zero-order chi connectivity index (χ0) is 15.9. The van der Waals surface area contributed by atoms with Crippen LogP contribution >= 0.6 is 11.6 Å². The second-order valence-corrected chi connectivity index (χ2v) is 5.02. The van der Waals surface area contributed by atoms with Crippen molar-refractivity contribution in [3.8, 4) is 5.75 Å². The van der Waals surface area contributed by atoms with E-state index in [9.17, 15) is 9.18 Å². The number of carbonyl (C=O) groups is 1. The van der Waals surface area contributed by atoms with Gasteiger partial charge < -0.3 is 15.0 Å². The Hall–Kier alpha value is -2.27. The van der Waals surface area contributed by atoms with Crippen molar-refractivity contribution < 1.29 is 13.9 Å². The van der Waals surface area contributed by atoms with Gasteiger partial charge in [0.15, 0.2) is 0 Å². The lowest BCUT2D eigenvalue weighted by Gasteiger charge is -2.18. The average Bonchev–Trinajstić information content (AvgIpc) is 2.51. The number of amides is 2. The van der Waals surface area contributed by atoms with E-state index >= 15 is 0 Å². The lowest BCUT2D eigenvalue weighted by atomic mass is 10.3. The number of benzene rings is 2. The third-order valence-electron chi connectivity index (χ3n) is 2.98. The molecule has 2 amide bonds. The number of carbonyl (C=O) groups excluding carboxylic acids is 1. The summed E-state index contributed by atoms with van der Waals surface area (Å²) in [6, 6.07) is 12.7. The van der Waals surface area contributed by atoms with E-state index in [4.69, 9.17) is 16.3 Å². The molecule has 0 spiro atoms. The Bertz CT molecular complexity index is 652. The monoisotopic (exact) mass is 322 g/mol. The summed E-state index contributed by atoms with van der Waals surface area (Å²) >= 11 is 5.97. The second kappa shape index (κ2) is 7.66. The van der Waals surface area contributed by atoms with Crippen LogP contribution in [-0.2, 0) is 0 Å². The summed E-state index contributed by atoms with van der Waals surface area (Å²) < 4.78 is 19.0. The number of para-hydroxylation sites is 2. The maximum Gasteiger partial charge on any atom is 0.321 e. The third kappa shape index (κ3) is 4.36. The minimum atomic E-state index is -0.475. The molecule has 0 saturated carbocycles. The minimum Gasteiger partial charge on any atom is -0.490 e. The van der Waals surface area contributed by atoms with Crippen molar-refractivity contribution in [3.63, 3.8) is 0 Å². The van der Waals surface area contributed by atoms with Gasteiger partial charge in [0.1, 0.15) is 18.2 Å². The van der Waals surface area contributed by atoms with Gasteiger partial charge in [-0.25, -0.2) is 9.18 Å². The maximum atomic E-state index is 13.5. The molecular weight excluding hydrogens is 307 g/mol. The Kier molecular flexibility index (Phi) is 5.61. The average molecular weight is 323 g/mol. The summed E-state index contributed by atoms with van der Waals surface area (Å²) in [5.74, 6) is 0.0867. The Balaban J connectivity index is 1.82. The lowest BCUT2D eigenvalue weighted by Crippen LogP contribution is -2.34. The van der Waals surface area contributed by atoms with E-state index in [0.717, 1.165) is 0 Å². The number of anilines is 1. The normalized spacial score (nSPS) is 10.1. The van der Waals surface area contributed by atoms with Crippen LogP contribution in [-0.4, -0.2) is 31.1 Å². The molecule has 0 fully saturated rings. The van der Waals surface area contributed by atoms with Gasteiger partial charge in [0.2, 0.25) is 0 Å². The summed E-state index contributed by atoms with van der Waals surface area (Å²) in [7, 11) is 1.60. The van der Waals surface area contributed by atoms with Crippen molar-refractivity contribution in [1.29, 1.82) is 0 Å². The van der Waals surface area contributed by atoms with E-state index in [-0.39, 0.29) is 12.3 Å². The van der Waals surface area contributed by atoms with Crippen molar-refractivity contribution in [1.82, 2.24) is 4.90 Å². The molecule has 0 radical (unpaired) electrons. The predicted molar refractivity (Wildman–Crippen MR) is 85.0 cm³/mol. The van der Waals surface area contributed by atoms with Crippen LogP contribution < -0.4 is 10.1 Å². The van der Waals surface area contributed by atoms with Gasteiger partial charge in [0, 0.05) is 7.05 Å². The summed E-state index contributed by atoms with van der Waals surface area (Å²) in [6.45, 7) is 0.621. The Morgan fingerprint density at radius 2 is 1.91 bits per heavy atom. The SMILES string of the molecule is CN(CCOc1ccccc1Cl)C(=O)Nc1ccccc1F. The second-order valence-electron chi connectivity index (χ2n) is 4.61. The van der Waals surface area contributed by atoms with Gasteiger partial charge in [-0.3, -0.25) is 0 Å². The molecule has 116 valence electrons. The molecule has 22 heavy (non-hydrogen) atoms. The molecule has 2 rings (SSSR count). The van der Waals surface area contributed by atoms with Gasteiger partial charge in [0.05, 0.1) is 17.3 Å². The highest BCUT2D eigenvalue weighted by Gasteiger charge is 2.11. The molecular formula is C16H16ClFN2O2. The van der Waals surface area contributed by atoms with Crippen LogP contribution in [0.15, 0.2) is 48.5 Å². The Labute approximate surface area is 133 Å². The number of halogens is 2. The van der Waals surface area contributed by atoms with E-state index in [1.54, 1.807) is 31.3 Å². The number of nitrogens with zero attached hydrogens (tertiary/aromatic N) is 1. The molecule has 0 aromatic heterocycles. The van der Waals surface area contributed by atoms with E-state index in [1.807, 2.05) is 12.1 Å². The van der Waals surface area contributed by atoms with Gasteiger partial charge in [0.25, 0.3) is 0 Å². The summed E-state index contributed by atoms with van der Waals surface area (Å²) in [6.07, 6.45) is 0. The number of urea groups is 1. The fourth-order valence-electron chi connectivity index (χ4n) is 1.73. The number of ether oxygens (including phenoxy) is 1. The minimum absolute atomic E-state index is 0.145. The van der Waals surface area contributed by atoms with Crippen molar-refractivity contribution in [2.24, 2.45) is 0 Å². The van der Waals surface area contributed by atoms with Crippen LogP contribution in [0.4, 0.5) is 14.9 Å². The first kappa shape index (κ1) is 16.1.